The lowest BCUT2D eigenvalue weighted by Crippen LogP contribution is -2.70. The van der Waals surface area contributed by atoms with E-state index in [0.717, 1.165) is 5.56 Å². The van der Waals surface area contributed by atoms with Gasteiger partial charge >= 0.3 is 29.8 Å². The Morgan fingerprint density at radius 3 is 2.36 bits per heavy atom. The van der Waals surface area contributed by atoms with Crippen molar-refractivity contribution in [3.8, 4) is 11.5 Å². The van der Waals surface area contributed by atoms with Crippen LogP contribution >= 0.6 is 0 Å². The predicted octanol–water partition coefficient (Wildman–Crippen LogP) is 2.04. The highest BCUT2D eigenvalue weighted by Crippen LogP contribution is 2.63. The normalized spacial score (nSPS) is 24.9. The molecule has 0 bridgehead atoms. The summed E-state index contributed by atoms with van der Waals surface area (Å²) in [6.45, 7) is 1.89. The molecule has 0 fully saturated rings. The molecular weight excluding hydrogens is 618 g/mol. The van der Waals surface area contributed by atoms with Gasteiger partial charge in [-0.2, -0.15) is 0 Å². The third-order valence-electron chi connectivity index (χ3n) is 9.13. The fraction of sp³-hybridized carbons (Fsp3) is 0.424. The van der Waals surface area contributed by atoms with Gasteiger partial charge in [0.05, 0.1) is 30.3 Å². The van der Waals surface area contributed by atoms with Crippen LogP contribution in [0.5, 0.6) is 11.5 Å². The van der Waals surface area contributed by atoms with Crippen molar-refractivity contribution in [2.45, 2.75) is 80.8 Å². The second-order valence-corrected chi connectivity index (χ2v) is 11.7. The number of carboxylic acids is 2. The molecule has 2 aromatic rings. The molecule has 0 unspecified atom stereocenters. The maximum atomic E-state index is 13.0. The van der Waals surface area contributed by atoms with Crippen LogP contribution < -0.4 is 10.1 Å². The van der Waals surface area contributed by atoms with E-state index in [0.29, 0.717) is 18.4 Å². The van der Waals surface area contributed by atoms with Crippen molar-refractivity contribution in [1.82, 2.24) is 5.32 Å². The van der Waals surface area contributed by atoms with E-state index in [1.807, 2.05) is 6.92 Å². The maximum absolute atomic E-state index is 13.0. The minimum Gasteiger partial charge on any atom is -0.504 e. The summed E-state index contributed by atoms with van der Waals surface area (Å²) in [5.41, 5.74) is -0.686. The zero-order valence-electron chi connectivity index (χ0n) is 25.6. The van der Waals surface area contributed by atoms with Gasteiger partial charge in [0, 0.05) is 23.6 Å². The van der Waals surface area contributed by atoms with E-state index in [2.05, 4.69) is 5.32 Å². The molecule has 1 aliphatic heterocycles. The number of aliphatic carboxylic acids is 2. The largest absolute Gasteiger partial charge is 0.504 e. The van der Waals surface area contributed by atoms with E-state index in [1.165, 1.54) is 30.3 Å². The number of hydrogen-bond acceptors (Lipinski definition) is 12. The monoisotopic (exact) mass is 653 g/mol. The first-order chi connectivity index (χ1) is 22.4. The molecule has 0 radical (unpaired) electrons. The first kappa shape index (κ1) is 33.4. The minimum absolute atomic E-state index is 0.103. The number of benzene rings is 2. The zero-order chi connectivity index (χ0) is 34.1. The number of ether oxygens (including phenoxy) is 4. The standard InChI is InChI=1S/C33H35NO13/c1-3-32-26-18-9-10-19(35)28(26)47-29(32)20(13-14-33(32,43)22(15-18)34-2)44-24(38)11-12-25(39)46-27(17-7-5-4-6-8-17)31(42)45-21(30(40)41)16-23(36)37/h4-10,13,21-22,27,29,34-35,43H,3,11-12,14-16H2,1-2H3,(H,36,37)(H,40,41)/t21-,22-,27+,29+,32+,33-/m1/s1. The number of hydrogen-bond donors (Lipinski definition) is 5. The third-order valence-corrected chi connectivity index (χ3v) is 9.13. The Balaban J connectivity index is 1.29. The fourth-order valence-electron chi connectivity index (χ4n) is 6.97. The summed E-state index contributed by atoms with van der Waals surface area (Å²) in [6, 6.07) is 10.5. The van der Waals surface area contributed by atoms with Crippen molar-refractivity contribution in [1.29, 1.82) is 0 Å². The minimum atomic E-state index is -2.03. The van der Waals surface area contributed by atoms with Gasteiger partial charge in [0.1, 0.15) is 5.76 Å². The number of phenolic OH excluding ortho intramolecular Hbond substituents is 1. The van der Waals surface area contributed by atoms with Gasteiger partial charge in [-0.05, 0) is 37.6 Å². The summed E-state index contributed by atoms with van der Waals surface area (Å²) < 4.78 is 22.1. The Bertz CT molecular complexity index is 1620. The second kappa shape index (κ2) is 13.0. The van der Waals surface area contributed by atoms with Crippen LogP contribution in [0.1, 0.15) is 61.8 Å². The molecule has 14 nitrogen and oxygen atoms in total. The second-order valence-electron chi connectivity index (χ2n) is 11.7. The molecule has 0 aromatic heterocycles. The number of aliphatic hydroxyl groups is 1. The average molecular weight is 654 g/mol. The van der Waals surface area contributed by atoms with E-state index in [9.17, 15) is 39.3 Å². The van der Waals surface area contributed by atoms with E-state index >= 15 is 0 Å². The molecule has 5 N–H and O–H groups in total. The van der Waals surface area contributed by atoms with E-state index < -0.39 is 78.4 Å². The third kappa shape index (κ3) is 5.89. The van der Waals surface area contributed by atoms with E-state index in [4.69, 9.17) is 24.1 Å². The van der Waals surface area contributed by atoms with Crippen molar-refractivity contribution < 1.29 is 63.3 Å². The Morgan fingerprint density at radius 1 is 1.02 bits per heavy atom. The summed E-state index contributed by atoms with van der Waals surface area (Å²) >= 11 is 0. The van der Waals surface area contributed by atoms with E-state index in [1.54, 1.807) is 25.3 Å². The van der Waals surface area contributed by atoms with Crippen molar-refractivity contribution in [2.24, 2.45) is 0 Å². The Morgan fingerprint density at radius 2 is 1.72 bits per heavy atom. The van der Waals surface area contributed by atoms with Crippen LogP contribution in [0.25, 0.3) is 0 Å². The highest BCUT2D eigenvalue weighted by molar-refractivity contribution is 5.86. The molecule has 47 heavy (non-hydrogen) atoms. The summed E-state index contributed by atoms with van der Waals surface area (Å²) in [7, 11) is 1.75. The average Bonchev–Trinajstić information content (AvgIpc) is 3.42. The van der Waals surface area contributed by atoms with Gasteiger partial charge in [0.2, 0.25) is 12.2 Å². The van der Waals surface area contributed by atoms with Gasteiger partial charge in [0.25, 0.3) is 0 Å². The zero-order valence-corrected chi connectivity index (χ0v) is 25.6. The number of carboxylic acid groups (broad SMARTS) is 2. The van der Waals surface area contributed by atoms with Crippen LogP contribution in [0.15, 0.2) is 54.3 Å². The first-order valence-corrected chi connectivity index (χ1v) is 15.1. The van der Waals surface area contributed by atoms with Crippen LogP contribution in [-0.2, 0) is 50.0 Å². The molecule has 3 aliphatic rings. The molecule has 0 spiro atoms. The lowest BCUT2D eigenvalue weighted by molar-refractivity contribution is -0.179. The smallest absolute Gasteiger partial charge is 0.353 e. The van der Waals surface area contributed by atoms with Gasteiger partial charge in [-0.3, -0.25) is 14.4 Å². The Hall–Kier alpha value is -4.95. The lowest BCUT2D eigenvalue weighted by Gasteiger charge is -2.55. The molecule has 1 heterocycles. The number of nitrogens with one attached hydrogen (secondary N) is 1. The summed E-state index contributed by atoms with van der Waals surface area (Å²) in [6.07, 6.45) is -4.18. The number of likely N-dealkylation sites (N-methyl/N-ethyl adjacent to an activating group) is 1. The molecule has 0 saturated carbocycles. The van der Waals surface area contributed by atoms with Gasteiger partial charge in [-0.25, -0.2) is 9.59 Å². The summed E-state index contributed by atoms with van der Waals surface area (Å²) in [4.78, 5) is 61.2. The molecule has 250 valence electrons. The summed E-state index contributed by atoms with van der Waals surface area (Å²) in [5, 5.41) is 44.2. The molecular formula is C33H35NO13. The molecule has 14 heteroatoms. The summed E-state index contributed by atoms with van der Waals surface area (Å²) in [5.74, 6) is -6.13. The van der Waals surface area contributed by atoms with Crippen LogP contribution in [-0.4, -0.2) is 81.2 Å². The molecule has 0 amide bonds. The molecule has 5 rings (SSSR count). The topological polar surface area (TPSA) is 215 Å². The van der Waals surface area contributed by atoms with Gasteiger partial charge in [-0.1, -0.05) is 43.3 Å². The van der Waals surface area contributed by atoms with E-state index in [-0.39, 0.29) is 35.3 Å². The predicted molar refractivity (Wildman–Crippen MR) is 159 cm³/mol. The van der Waals surface area contributed by atoms with Crippen LogP contribution in [0, 0.1) is 0 Å². The van der Waals surface area contributed by atoms with Crippen molar-refractivity contribution in [3.05, 3.63) is 71.0 Å². The number of rotatable bonds is 13. The van der Waals surface area contributed by atoms with Crippen LogP contribution in [0.3, 0.4) is 0 Å². The first-order valence-electron chi connectivity index (χ1n) is 15.1. The quantitative estimate of drug-likeness (QED) is 0.155. The molecule has 0 saturated heterocycles. The Kier molecular flexibility index (Phi) is 9.27. The van der Waals surface area contributed by atoms with Crippen LogP contribution in [0.2, 0.25) is 0 Å². The highest BCUT2D eigenvalue weighted by atomic mass is 16.6. The number of carbonyl (C=O) groups is 5. The number of esters is 3. The van der Waals surface area contributed by atoms with Crippen molar-refractivity contribution in [3.63, 3.8) is 0 Å². The Labute approximate surface area is 268 Å². The number of phenols is 1. The van der Waals surface area contributed by atoms with Gasteiger partial charge < -0.3 is 44.7 Å². The van der Waals surface area contributed by atoms with Crippen LogP contribution in [0.4, 0.5) is 0 Å². The highest BCUT2D eigenvalue weighted by Gasteiger charge is 2.69. The van der Waals surface area contributed by atoms with Gasteiger partial charge in [-0.15, -0.1) is 0 Å². The van der Waals surface area contributed by atoms with Crippen molar-refractivity contribution in [2.75, 3.05) is 7.05 Å². The maximum Gasteiger partial charge on any atom is 0.353 e. The molecule has 2 aliphatic carbocycles. The molecule has 2 aromatic carbocycles. The fourth-order valence-corrected chi connectivity index (χ4v) is 6.97. The lowest BCUT2D eigenvalue weighted by atomic mass is 9.52. The van der Waals surface area contributed by atoms with Gasteiger partial charge in [0.15, 0.2) is 17.6 Å². The number of aromatic hydroxyl groups is 1. The number of carbonyl (C=O) groups excluding carboxylic acids is 3. The van der Waals surface area contributed by atoms with Crippen molar-refractivity contribution >= 4 is 29.8 Å². The SMILES string of the molecule is CC[C@]12c3c4ccc(O)c3O[C@H]1C(OC(=O)CCC(=O)O[C@H](C(=O)O[C@H](CC(=O)O)C(=O)O)c1ccccc1)=CC[C@@]2(O)[C@H](NC)C4. The molecule has 6 atom stereocenters.